The summed E-state index contributed by atoms with van der Waals surface area (Å²) in [7, 11) is 3.74. The highest BCUT2D eigenvalue weighted by atomic mass is 35.5. The van der Waals surface area contributed by atoms with Crippen molar-refractivity contribution in [1.82, 2.24) is 15.1 Å². The van der Waals surface area contributed by atoms with Crippen molar-refractivity contribution in [2.45, 2.75) is 52.3 Å². The van der Waals surface area contributed by atoms with Gasteiger partial charge in [0.2, 0.25) is 0 Å². The Bertz CT molecular complexity index is 456. The van der Waals surface area contributed by atoms with Gasteiger partial charge in [0, 0.05) is 32.2 Å². The fraction of sp³-hybridized carbons (Fsp3) is 0.786. The van der Waals surface area contributed by atoms with Crippen molar-refractivity contribution in [2.24, 2.45) is 12.5 Å². The smallest absolute Gasteiger partial charge is 0.0863 e. The lowest BCUT2D eigenvalue weighted by Gasteiger charge is -2.51. The van der Waals surface area contributed by atoms with Crippen LogP contribution in [0.5, 0.6) is 0 Å². The molecule has 2 rings (SSSR count). The molecule has 1 aromatic heterocycles. The maximum Gasteiger partial charge on any atom is 0.0863 e. The summed E-state index contributed by atoms with van der Waals surface area (Å²) < 4.78 is 7.35. The lowest BCUT2D eigenvalue weighted by molar-refractivity contribution is -0.0980. The van der Waals surface area contributed by atoms with E-state index < -0.39 is 0 Å². The number of aryl methyl sites for hydroxylation is 2. The number of methoxy groups -OCH3 is 1. The molecule has 108 valence electrons. The molecule has 0 aromatic carbocycles. The van der Waals surface area contributed by atoms with Gasteiger partial charge in [0.05, 0.1) is 22.5 Å². The predicted molar refractivity (Wildman–Crippen MR) is 77.4 cm³/mol. The van der Waals surface area contributed by atoms with Crippen molar-refractivity contribution in [2.75, 3.05) is 7.11 Å². The average Bonchev–Trinajstić information content (AvgIpc) is 2.64. The van der Waals surface area contributed by atoms with Gasteiger partial charge in [0.1, 0.15) is 0 Å². The minimum absolute atomic E-state index is 0.174. The SMILES string of the molecule is CCc1nn(C)c(CNC2CC(OC)C2(C)C)c1Cl. The number of hydrogen-bond donors (Lipinski definition) is 1. The summed E-state index contributed by atoms with van der Waals surface area (Å²) in [6.07, 6.45) is 2.27. The summed E-state index contributed by atoms with van der Waals surface area (Å²) in [6, 6.07) is 0.466. The summed E-state index contributed by atoms with van der Waals surface area (Å²) in [5.74, 6) is 0. The second-order valence-corrected chi connectivity index (χ2v) is 6.28. The van der Waals surface area contributed by atoms with Gasteiger partial charge in [0.15, 0.2) is 0 Å². The van der Waals surface area contributed by atoms with E-state index in [1.165, 1.54) is 0 Å². The van der Waals surface area contributed by atoms with Gasteiger partial charge >= 0.3 is 0 Å². The first-order valence-electron chi connectivity index (χ1n) is 6.88. The first-order chi connectivity index (χ1) is 8.91. The third-order valence-electron chi connectivity index (χ3n) is 4.48. The number of halogens is 1. The average molecular weight is 286 g/mol. The van der Waals surface area contributed by atoms with Gasteiger partial charge in [-0.25, -0.2) is 0 Å². The van der Waals surface area contributed by atoms with E-state index in [1.54, 1.807) is 7.11 Å². The Hall–Kier alpha value is -0.580. The molecular weight excluding hydrogens is 262 g/mol. The van der Waals surface area contributed by atoms with Gasteiger partial charge in [0.25, 0.3) is 0 Å². The van der Waals surface area contributed by atoms with E-state index in [1.807, 2.05) is 11.7 Å². The largest absolute Gasteiger partial charge is 0.381 e. The third kappa shape index (κ3) is 2.54. The molecular formula is C14H24ClN3O. The fourth-order valence-corrected chi connectivity index (χ4v) is 3.22. The highest BCUT2D eigenvalue weighted by molar-refractivity contribution is 6.31. The molecule has 1 saturated carbocycles. The lowest BCUT2D eigenvalue weighted by Crippen LogP contribution is -2.60. The van der Waals surface area contributed by atoms with Crippen molar-refractivity contribution in [1.29, 1.82) is 0 Å². The molecule has 0 aliphatic heterocycles. The molecule has 1 fully saturated rings. The van der Waals surface area contributed by atoms with Gasteiger partial charge in [-0.3, -0.25) is 4.68 Å². The van der Waals surface area contributed by atoms with E-state index in [0.29, 0.717) is 12.1 Å². The fourth-order valence-electron chi connectivity index (χ4n) is 2.86. The molecule has 0 saturated heterocycles. The first kappa shape index (κ1) is 14.8. The molecule has 2 unspecified atom stereocenters. The van der Waals surface area contributed by atoms with Crippen LogP contribution in [0.4, 0.5) is 0 Å². The van der Waals surface area contributed by atoms with Crippen LogP contribution in [0.3, 0.4) is 0 Å². The number of aromatic nitrogens is 2. The molecule has 1 heterocycles. The molecule has 0 bridgehead atoms. The number of nitrogens with one attached hydrogen (secondary N) is 1. The molecule has 1 aromatic rings. The van der Waals surface area contributed by atoms with E-state index in [-0.39, 0.29) is 5.41 Å². The Morgan fingerprint density at radius 3 is 2.68 bits per heavy atom. The number of nitrogens with zero attached hydrogens (tertiary/aromatic N) is 2. The van der Waals surface area contributed by atoms with Crippen molar-refractivity contribution in [3.05, 3.63) is 16.4 Å². The van der Waals surface area contributed by atoms with Crippen LogP contribution in [-0.2, 0) is 24.8 Å². The van der Waals surface area contributed by atoms with Crippen LogP contribution in [0.1, 0.15) is 38.6 Å². The molecule has 19 heavy (non-hydrogen) atoms. The standard InChI is InChI=1S/C14H24ClN3O/c1-6-9-13(15)10(18(4)17-9)8-16-11-7-12(19-5)14(11,2)3/h11-12,16H,6-8H2,1-5H3. The van der Waals surface area contributed by atoms with Crippen molar-refractivity contribution in [3.63, 3.8) is 0 Å². The minimum Gasteiger partial charge on any atom is -0.381 e. The zero-order chi connectivity index (χ0) is 14.2. The summed E-state index contributed by atoms with van der Waals surface area (Å²) >= 11 is 6.35. The predicted octanol–water partition coefficient (Wildman–Crippen LogP) is 2.54. The quantitative estimate of drug-likeness (QED) is 0.904. The molecule has 0 radical (unpaired) electrons. The lowest BCUT2D eigenvalue weighted by atomic mass is 9.64. The second-order valence-electron chi connectivity index (χ2n) is 5.90. The van der Waals surface area contributed by atoms with Crippen molar-refractivity contribution >= 4 is 11.6 Å². The van der Waals surface area contributed by atoms with E-state index in [9.17, 15) is 0 Å². The maximum absolute atomic E-state index is 6.35. The molecule has 1 N–H and O–H groups in total. The summed E-state index contributed by atoms with van der Waals surface area (Å²) in [5, 5.41) is 8.83. The van der Waals surface area contributed by atoms with Crippen LogP contribution >= 0.6 is 11.6 Å². The second kappa shape index (κ2) is 5.43. The van der Waals surface area contributed by atoms with E-state index >= 15 is 0 Å². The monoisotopic (exact) mass is 285 g/mol. The molecule has 2 atom stereocenters. The van der Waals surface area contributed by atoms with Crippen LogP contribution in [-0.4, -0.2) is 29.0 Å². The van der Waals surface area contributed by atoms with Crippen LogP contribution in [0.15, 0.2) is 0 Å². The van der Waals surface area contributed by atoms with Crippen LogP contribution in [0.25, 0.3) is 0 Å². The zero-order valence-corrected chi connectivity index (χ0v) is 13.2. The van der Waals surface area contributed by atoms with E-state index in [4.69, 9.17) is 16.3 Å². The van der Waals surface area contributed by atoms with Gasteiger partial charge in [-0.05, 0) is 12.8 Å². The Labute approximate surface area is 120 Å². The molecule has 4 nitrogen and oxygen atoms in total. The number of ether oxygens (including phenoxy) is 1. The van der Waals surface area contributed by atoms with Crippen LogP contribution < -0.4 is 5.32 Å². The van der Waals surface area contributed by atoms with Gasteiger partial charge in [-0.1, -0.05) is 32.4 Å². The van der Waals surface area contributed by atoms with Crippen molar-refractivity contribution in [3.8, 4) is 0 Å². The Morgan fingerprint density at radius 1 is 1.53 bits per heavy atom. The third-order valence-corrected chi connectivity index (χ3v) is 4.92. The minimum atomic E-state index is 0.174. The van der Waals surface area contributed by atoms with Crippen LogP contribution in [0.2, 0.25) is 5.02 Å². The zero-order valence-electron chi connectivity index (χ0n) is 12.5. The Morgan fingerprint density at radius 2 is 2.21 bits per heavy atom. The molecule has 0 amide bonds. The Kier molecular flexibility index (Phi) is 4.23. The van der Waals surface area contributed by atoms with E-state index in [2.05, 4.69) is 31.2 Å². The molecule has 1 aliphatic carbocycles. The normalized spacial score (nSPS) is 25.4. The maximum atomic E-state index is 6.35. The summed E-state index contributed by atoms with van der Waals surface area (Å²) in [5.41, 5.74) is 2.21. The van der Waals surface area contributed by atoms with Gasteiger partial charge < -0.3 is 10.1 Å². The summed E-state index contributed by atoms with van der Waals surface area (Å²) in [4.78, 5) is 0. The molecule has 5 heteroatoms. The highest BCUT2D eigenvalue weighted by Gasteiger charge is 2.48. The van der Waals surface area contributed by atoms with Crippen molar-refractivity contribution < 1.29 is 4.74 Å². The van der Waals surface area contributed by atoms with Gasteiger partial charge in [-0.2, -0.15) is 5.10 Å². The van der Waals surface area contributed by atoms with E-state index in [0.717, 1.165) is 35.8 Å². The Balaban J connectivity index is 1.99. The van der Waals surface area contributed by atoms with Gasteiger partial charge in [-0.15, -0.1) is 0 Å². The summed E-state index contributed by atoms with van der Waals surface area (Å²) in [6.45, 7) is 7.31. The molecule has 1 aliphatic rings. The highest BCUT2D eigenvalue weighted by Crippen LogP contribution is 2.42. The first-order valence-corrected chi connectivity index (χ1v) is 7.26. The molecule has 0 spiro atoms. The van der Waals surface area contributed by atoms with Crippen LogP contribution in [0, 0.1) is 5.41 Å². The topological polar surface area (TPSA) is 39.1 Å². The number of rotatable bonds is 5. The number of hydrogen-bond acceptors (Lipinski definition) is 3.